The molecule has 3 aromatic rings. The van der Waals surface area contributed by atoms with E-state index < -0.39 is 5.92 Å². The van der Waals surface area contributed by atoms with Crippen LogP contribution in [0.3, 0.4) is 0 Å². The van der Waals surface area contributed by atoms with Gasteiger partial charge >= 0.3 is 0 Å². The standard InChI is InChI=1S/C26H25FO4/c1-17-23(11-6-12-24(17)27)20(15-25(28)18-7-4-9-21(13-18)30-2)16-26(29)19-8-5-10-22(14-19)31-3/h4-14,20H,15-16H2,1-3H3. The maximum absolute atomic E-state index is 14.3. The number of carbonyl (C=O) groups is 2. The summed E-state index contributed by atoms with van der Waals surface area (Å²) in [4.78, 5) is 26.1. The normalized spacial score (nSPS) is 10.7. The van der Waals surface area contributed by atoms with Crippen LogP contribution in [-0.2, 0) is 0 Å². The number of ketones is 2. The van der Waals surface area contributed by atoms with Gasteiger partial charge in [-0.2, -0.15) is 0 Å². The van der Waals surface area contributed by atoms with Gasteiger partial charge in [-0.1, -0.05) is 36.4 Å². The zero-order valence-corrected chi connectivity index (χ0v) is 17.9. The van der Waals surface area contributed by atoms with Crippen LogP contribution in [0.4, 0.5) is 4.39 Å². The molecule has 4 nitrogen and oxygen atoms in total. The van der Waals surface area contributed by atoms with Crippen molar-refractivity contribution in [1.82, 2.24) is 0 Å². The molecule has 0 saturated carbocycles. The van der Waals surface area contributed by atoms with E-state index in [-0.39, 0.29) is 30.2 Å². The molecule has 31 heavy (non-hydrogen) atoms. The van der Waals surface area contributed by atoms with Crippen molar-refractivity contribution in [1.29, 1.82) is 0 Å². The van der Waals surface area contributed by atoms with Crippen molar-refractivity contribution >= 4 is 11.6 Å². The summed E-state index contributed by atoms with van der Waals surface area (Å²) in [6.07, 6.45) is 0.153. The number of rotatable bonds is 9. The third-order valence-corrected chi connectivity index (χ3v) is 5.40. The first-order valence-corrected chi connectivity index (χ1v) is 10.0. The Morgan fingerprint density at radius 2 is 1.29 bits per heavy atom. The molecule has 0 heterocycles. The third-order valence-electron chi connectivity index (χ3n) is 5.40. The largest absolute Gasteiger partial charge is 0.497 e. The molecule has 0 atom stereocenters. The smallest absolute Gasteiger partial charge is 0.163 e. The highest BCUT2D eigenvalue weighted by Gasteiger charge is 2.24. The van der Waals surface area contributed by atoms with Gasteiger partial charge in [-0.25, -0.2) is 4.39 Å². The Labute approximate surface area is 181 Å². The fourth-order valence-electron chi connectivity index (χ4n) is 3.63. The maximum Gasteiger partial charge on any atom is 0.163 e. The van der Waals surface area contributed by atoms with E-state index in [9.17, 15) is 14.0 Å². The first kappa shape index (κ1) is 22.2. The quantitative estimate of drug-likeness (QED) is 0.412. The van der Waals surface area contributed by atoms with Crippen LogP contribution in [-0.4, -0.2) is 25.8 Å². The molecule has 0 fully saturated rings. The second-order valence-electron chi connectivity index (χ2n) is 7.37. The number of benzene rings is 3. The van der Waals surface area contributed by atoms with Crippen LogP contribution in [0.5, 0.6) is 11.5 Å². The summed E-state index contributed by atoms with van der Waals surface area (Å²) in [5.41, 5.74) is 2.09. The van der Waals surface area contributed by atoms with E-state index in [0.29, 0.717) is 33.8 Å². The number of hydrogen-bond donors (Lipinski definition) is 0. The van der Waals surface area contributed by atoms with Gasteiger partial charge in [0.25, 0.3) is 0 Å². The minimum absolute atomic E-state index is 0.0766. The van der Waals surface area contributed by atoms with E-state index in [1.165, 1.54) is 20.3 Å². The molecule has 0 radical (unpaired) electrons. The van der Waals surface area contributed by atoms with Gasteiger partial charge in [0.1, 0.15) is 17.3 Å². The molecule has 160 valence electrons. The number of hydrogen-bond acceptors (Lipinski definition) is 4. The SMILES string of the molecule is COc1cccc(C(=O)CC(CC(=O)c2cccc(OC)c2)c2cccc(F)c2C)c1. The summed E-state index contributed by atoms with van der Waals surface area (Å²) in [5, 5.41) is 0. The highest BCUT2D eigenvalue weighted by molar-refractivity contribution is 5.99. The van der Waals surface area contributed by atoms with Crippen molar-refractivity contribution in [2.45, 2.75) is 25.7 Å². The van der Waals surface area contributed by atoms with Crippen LogP contribution < -0.4 is 9.47 Å². The Bertz CT molecular complexity index is 1030. The van der Waals surface area contributed by atoms with Crippen LogP contribution in [0.25, 0.3) is 0 Å². The zero-order valence-electron chi connectivity index (χ0n) is 17.9. The highest BCUT2D eigenvalue weighted by atomic mass is 19.1. The summed E-state index contributed by atoms with van der Waals surface area (Å²) in [5.74, 6) is 0.0730. The Morgan fingerprint density at radius 3 is 1.77 bits per heavy atom. The van der Waals surface area contributed by atoms with E-state index in [2.05, 4.69) is 0 Å². The predicted molar refractivity (Wildman–Crippen MR) is 118 cm³/mol. The van der Waals surface area contributed by atoms with Gasteiger partial charge in [0.2, 0.25) is 0 Å². The van der Waals surface area contributed by atoms with Gasteiger partial charge < -0.3 is 9.47 Å². The molecule has 3 rings (SSSR count). The van der Waals surface area contributed by atoms with Crippen LogP contribution in [0.1, 0.15) is 50.6 Å². The molecule has 0 bridgehead atoms. The molecule has 0 aromatic heterocycles. The van der Waals surface area contributed by atoms with Gasteiger partial charge in [0.15, 0.2) is 11.6 Å². The number of carbonyl (C=O) groups excluding carboxylic acids is 2. The molecule has 0 aliphatic heterocycles. The molecule has 0 N–H and O–H groups in total. The molecular formula is C26H25FO4. The van der Waals surface area contributed by atoms with Gasteiger partial charge in [-0.15, -0.1) is 0 Å². The fraction of sp³-hybridized carbons (Fsp3) is 0.231. The number of Topliss-reactive ketones (excluding diaryl/α,β-unsaturated/α-hetero) is 2. The van der Waals surface area contributed by atoms with E-state index in [1.54, 1.807) is 67.6 Å². The van der Waals surface area contributed by atoms with E-state index >= 15 is 0 Å². The van der Waals surface area contributed by atoms with E-state index in [1.807, 2.05) is 0 Å². The van der Waals surface area contributed by atoms with Gasteiger partial charge in [-0.3, -0.25) is 9.59 Å². The number of methoxy groups -OCH3 is 2. The second kappa shape index (κ2) is 10.0. The summed E-state index contributed by atoms with van der Waals surface area (Å²) < 4.78 is 24.7. The third kappa shape index (κ3) is 5.37. The van der Waals surface area contributed by atoms with Crippen LogP contribution in [0.15, 0.2) is 66.7 Å². The van der Waals surface area contributed by atoms with Gasteiger partial charge in [-0.05, 0) is 54.3 Å². The Morgan fingerprint density at radius 1 is 0.806 bits per heavy atom. The fourth-order valence-corrected chi connectivity index (χ4v) is 3.63. The molecule has 0 amide bonds. The minimum atomic E-state index is -0.465. The average molecular weight is 420 g/mol. The molecule has 0 saturated heterocycles. The molecule has 5 heteroatoms. The first-order chi connectivity index (χ1) is 14.9. The van der Waals surface area contributed by atoms with Crippen LogP contribution in [0.2, 0.25) is 0 Å². The topological polar surface area (TPSA) is 52.6 Å². The summed E-state index contributed by atoms with van der Waals surface area (Å²) >= 11 is 0. The van der Waals surface area contributed by atoms with Crippen molar-refractivity contribution in [2.24, 2.45) is 0 Å². The maximum atomic E-state index is 14.3. The monoisotopic (exact) mass is 420 g/mol. The van der Waals surface area contributed by atoms with Crippen molar-refractivity contribution in [3.8, 4) is 11.5 Å². The Balaban J connectivity index is 1.91. The average Bonchev–Trinajstić information content (AvgIpc) is 2.80. The summed E-state index contributed by atoms with van der Waals surface area (Å²) in [6.45, 7) is 1.67. The molecule has 0 unspecified atom stereocenters. The number of halogens is 1. The lowest BCUT2D eigenvalue weighted by Gasteiger charge is -2.19. The Kier molecular flexibility index (Phi) is 7.19. The summed E-state index contributed by atoms with van der Waals surface area (Å²) in [7, 11) is 3.07. The Hall–Kier alpha value is -3.47. The van der Waals surface area contributed by atoms with Crippen molar-refractivity contribution in [3.63, 3.8) is 0 Å². The second-order valence-corrected chi connectivity index (χ2v) is 7.37. The summed E-state index contributed by atoms with van der Waals surface area (Å²) in [6, 6.07) is 18.5. The first-order valence-electron chi connectivity index (χ1n) is 10.0. The van der Waals surface area contributed by atoms with Crippen molar-refractivity contribution in [3.05, 3.63) is 94.8 Å². The highest BCUT2D eigenvalue weighted by Crippen LogP contribution is 2.31. The van der Waals surface area contributed by atoms with E-state index in [0.717, 1.165) is 0 Å². The van der Waals surface area contributed by atoms with Crippen molar-refractivity contribution < 1.29 is 23.5 Å². The lowest BCUT2D eigenvalue weighted by atomic mass is 9.84. The number of ether oxygens (including phenoxy) is 2. The molecule has 0 spiro atoms. The minimum Gasteiger partial charge on any atom is -0.497 e. The molecular weight excluding hydrogens is 395 g/mol. The molecule has 0 aliphatic rings. The lowest BCUT2D eigenvalue weighted by molar-refractivity contribution is 0.0944. The zero-order chi connectivity index (χ0) is 22.4. The van der Waals surface area contributed by atoms with Gasteiger partial charge in [0.05, 0.1) is 14.2 Å². The molecule has 3 aromatic carbocycles. The van der Waals surface area contributed by atoms with Crippen molar-refractivity contribution in [2.75, 3.05) is 14.2 Å². The molecule has 0 aliphatic carbocycles. The van der Waals surface area contributed by atoms with Crippen LogP contribution >= 0.6 is 0 Å². The van der Waals surface area contributed by atoms with E-state index in [4.69, 9.17) is 9.47 Å². The predicted octanol–water partition coefficient (Wildman–Crippen LogP) is 5.78. The van der Waals surface area contributed by atoms with Gasteiger partial charge in [0, 0.05) is 24.0 Å². The van der Waals surface area contributed by atoms with Crippen LogP contribution in [0, 0.1) is 12.7 Å². The lowest BCUT2D eigenvalue weighted by Crippen LogP contribution is -2.14.